The van der Waals surface area contributed by atoms with Crippen molar-refractivity contribution < 1.29 is 14.3 Å². The number of amides is 1. The van der Waals surface area contributed by atoms with Crippen LogP contribution in [-0.4, -0.2) is 20.4 Å². The molecule has 1 amide bonds. The van der Waals surface area contributed by atoms with E-state index in [1.165, 1.54) is 6.20 Å². The maximum atomic E-state index is 13.1. The molecule has 6 nitrogen and oxygen atoms in total. The molecule has 150 valence electrons. The Bertz CT molecular complexity index is 1220. The maximum Gasteiger partial charge on any atom is 0.293 e. The van der Waals surface area contributed by atoms with Crippen molar-refractivity contribution in [2.75, 3.05) is 5.32 Å². The molecule has 0 fully saturated rings. The highest BCUT2D eigenvalue weighted by atomic mass is 79.9. The number of anilines is 1. The van der Waals surface area contributed by atoms with Crippen LogP contribution in [0.5, 0.6) is 0 Å². The van der Waals surface area contributed by atoms with Gasteiger partial charge < -0.3 is 10.2 Å². The fourth-order valence-electron chi connectivity index (χ4n) is 2.98. The molecule has 1 unspecified atom stereocenters. The van der Waals surface area contributed by atoms with E-state index in [1.54, 1.807) is 89.6 Å². The van der Waals surface area contributed by atoms with Crippen LogP contribution in [-0.2, 0) is 4.57 Å². The summed E-state index contributed by atoms with van der Waals surface area (Å²) in [6.45, 7) is 0. The zero-order valence-corrected chi connectivity index (χ0v) is 18.1. The van der Waals surface area contributed by atoms with E-state index in [1.807, 2.05) is 0 Å². The lowest BCUT2D eigenvalue weighted by Gasteiger charge is -2.14. The first kappa shape index (κ1) is 20.3. The largest absolute Gasteiger partial charge is 0.336 e. The molecule has 0 aliphatic carbocycles. The molecular weight excluding hydrogens is 465 g/mol. The fourth-order valence-corrected chi connectivity index (χ4v) is 4.75. The molecule has 0 spiro atoms. The quantitative estimate of drug-likeness (QED) is 0.420. The summed E-state index contributed by atoms with van der Waals surface area (Å²) < 4.78 is 15.6. The number of imidazole rings is 1. The third kappa shape index (κ3) is 4.14. The molecule has 0 aliphatic rings. The molecule has 1 atom stereocenters. The van der Waals surface area contributed by atoms with Crippen LogP contribution in [0.3, 0.4) is 0 Å². The highest BCUT2D eigenvalue weighted by Crippen LogP contribution is 2.37. The van der Waals surface area contributed by atoms with Gasteiger partial charge in [-0.15, -0.1) is 0 Å². The van der Waals surface area contributed by atoms with Gasteiger partial charge in [-0.05, 0) is 60.7 Å². The maximum absolute atomic E-state index is 13.1. The molecule has 1 heterocycles. The highest BCUT2D eigenvalue weighted by Gasteiger charge is 2.29. The van der Waals surface area contributed by atoms with Gasteiger partial charge in [0.25, 0.3) is 13.3 Å². The lowest BCUT2D eigenvalue weighted by molar-refractivity contribution is 0.102. The van der Waals surface area contributed by atoms with Crippen molar-refractivity contribution in [2.45, 2.75) is 0 Å². The van der Waals surface area contributed by atoms with Crippen molar-refractivity contribution in [1.82, 2.24) is 9.55 Å². The number of benzene rings is 3. The van der Waals surface area contributed by atoms with E-state index in [0.717, 1.165) is 4.47 Å². The number of rotatable bonds is 5. The lowest BCUT2D eigenvalue weighted by Crippen LogP contribution is -2.24. The van der Waals surface area contributed by atoms with Crippen molar-refractivity contribution in [3.05, 3.63) is 101 Å². The van der Waals surface area contributed by atoms with Crippen LogP contribution in [0.2, 0.25) is 0 Å². The van der Waals surface area contributed by atoms with Crippen LogP contribution in [0.4, 0.5) is 5.69 Å². The standard InChI is InChI=1S/C22H17BrN3O3P/c23-17-8-6-16(7-9-17)21(27)25-18-10-12-19(13-11-18)26-15-14-24-22(26)30(28,29)20-4-2-1-3-5-20/h1-15H,(H,25,27)(H,28,29). The zero-order valence-electron chi connectivity index (χ0n) is 15.6. The summed E-state index contributed by atoms with van der Waals surface area (Å²) >= 11 is 3.35. The summed E-state index contributed by atoms with van der Waals surface area (Å²) in [5.74, 6) is -0.220. The highest BCUT2D eigenvalue weighted by molar-refractivity contribution is 9.10. The van der Waals surface area contributed by atoms with Crippen LogP contribution in [0, 0.1) is 0 Å². The van der Waals surface area contributed by atoms with Gasteiger partial charge in [-0.3, -0.25) is 13.9 Å². The number of nitrogens with one attached hydrogen (secondary N) is 1. The summed E-state index contributed by atoms with van der Waals surface area (Å²) in [6.07, 6.45) is 3.13. The zero-order chi connectivity index (χ0) is 21.1. The van der Waals surface area contributed by atoms with Gasteiger partial charge in [0.15, 0.2) is 0 Å². The summed E-state index contributed by atoms with van der Waals surface area (Å²) in [5.41, 5.74) is 1.89. The Morgan fingerprint density at radius 3 is 2.30 bits per heavy atom. The first-order valence-corrected chi connectivity index (χ1v) is 11.5. The van der Waals surface area contributed by atoms with Gasteiger partial charge in [0, 0.05) is 39.1 Å². The van der Waals surface area contributed by atoms with Crippen LogP contribution >= 0.6 is 23.3 Å². The Hall–Kier alpha value is -2.99. The molecule has 0 aliphatic heterocycles. The Morgan fingerprint density at radius 1 is 0.967 bits per heavy atom. The predicted octanol–water partition coefficient (Wildman–Crippen LogP) is 4.11. The van der Waals surface area contributed by atoms with E-state index in [2.05, 4.69) is 26.2 Å². The summed E-state index contributed by atoms with van der Waals surface area (Å²) in [6, 6.07) is 22.5. The lowest BCUT2D eigenvalue weighted by atomic mass is 10.2. The van der Waals surface area contributed by atoms with E-state index in [-0.39, 0.29) is 11.5 Å². The van der Waals surface area contributed by atoms with Gasteiger partial charge in [-0.2, -0.15) is 0 Å². The van der Waals surface area contributed by atoms with Crippen LogP contribution in [0.15, 0.2) is 95.7 Å². The Kier molecular flexibility index (Phi) is 5.68. The number of carbonyl (C=O) groups is 1. The average molecular weight is 482 g/mol. The van der Waals surface area contributed by atoms with E-state index < -0.39 is 7.37 Å². The van der Waals surface area contributed by atoms with Gasteiger partial charge >= 0.3 is 0 Å². The number of carbonyl (C=O) groups excluding carboxylic acids is 1. The molecule has 0 saturated carbocycles. The number of aromatic nitrogens is 2. The number of halogens is 1. The number of hydrogen-bond acceptors (Lipinski definition) is 3. The van der Waals surface area contributed by atoms with Gasteiger partial charge in [0.2, 0.25) is 5.57 Å². The van der Waals surface area contributed by atoms with E-state index in [4.69, 9.17) is 0 Å². The number of nitrogens with zero attached hydrogens (tertiary/aromatic N) is 2. The minimum Gasteiger partial charge on any atom is -0.336 e. The molecule has 0 bridgehead atoms. The fraction of sp³-hybridized carbons (Fsp3) is 0. The molecule has 4 rings (SSSR count). The van der Waals surface area contributed by atoms with Crippen molar-refractivity contribution >= 4 is 45.8 Å². The summed E-state index contributed by atoms with van der Waals surface area (Å²) in [5, 5.41) is 3.15. The molecular formula is C22H17BrN3O3P. The molecule has 3 aromatic carbocycles. The molecule has 0 saturated heterocycles. The first-order valence-electron chi connectivity index (χ1n) is 9.05. The third-order valence-electron chi connectivity index (χ3n) is 4.51. The SMILES string of the molecule is O=C(Nc1ccc(-n2ccnc2P(=O)(O)c2ccccc2)cc1)c1ccc(Br)cc1. The summed E-state index contributed by atoms with van der Waals surface area (Å²) in [7, 11) is -3.85. The molecule has 0 radical (unpaired) electrons. The first-order chi connectivity index (χ1) is 14.4. The van der Waals surface area contributed by atoms with Crippen molar-refractivity contribution in [3.8, 4) is 5.69 Å². The molecule has 4 aromatic rings. The second-order valence-corrected chi connectivity index (χ2v) is 9.50. The second-order valence-electron chi connectivity index (χ2n) is 6.52. The van der Waals surface area contributed by atoms with E-state index in [9.17, 15) is 14.3 Å². The van der Waals surface area contributed by atoms with Crippen LogP contribution < -0.4 is 16.2 Å². The predicted molar refractivity (Wildman–Crippen MR) is 121 cm³/mol. The van der Waals surface area contributed by atoms with Gasteiger partial charge in [0.05, 0.1) is 0 Å². The monoisotopic (exact) mass is 481 g/mol. The minimum atomic E-state index is -3.85. The van der Waals surface area contributed by atoms with Gasteiger partial charge in [0.1, 0.15) is 0 Å². The normalized spacial score (nSPS) is 12.9. The van der Waals surface area contributed by atoms with E-state index >= 15 is 0 Å². The summed E-state index contributed by atoms with van der Waals surface area (Å²) in [4.78, 5) is 27.2. The minimum absolute atomic E-state index is 0.0698. The topological polar surface area (TPSA) is 84.2 Å². The van der Waals surface area contributed by atoms with Crippen LogP contribution in [0.1, 0.15) is 10.4 Å². The molecule has 1 aromatic heterocycles. The smallest absolute Gasteiger partial charge is 0.293 e. The number of hydrogen-bond donors (Lipinski definition) is 2. The van der Waals surface area contributed by atoms with Gasteiger partial charge in [-0.1, -0.05) is 34.1 Å². The van der Waals surface area contributed by atoms with Crippen molar-refractivity contribution in [2.24, 2.45) is 0 Å². The van der Waals surface area contributed by atoms with Crippen LogP contribution in [0.25, 0.3) is 5.69 Å². The molecule has 8 heteroatoms. The van der Waals surface area contributed by atoms with E-state index in [0.29, 0.717) is 22.2 Å². The third-order valence-corrected chi connectivity index (χ3v) is 6.91. The van der Waals surface area contributed by atoms with Crippen molar-refractivity contribution in [1.29, 1.82) is 0 Å². The Labute approximate surface area is 181 Å². The average Bonchev–Trinajstić information content (AvgIpc) is 3.26. The Morgan fingerprint density at radius 2 is 1.63 bits per heavy atom. The molecule has 30 heavy (non-hydrogen) atoms. The second kappa shape index (κ2) is 8.40. The molecule has 2 N–H and O–H groups in total. The Balaban J connectivity index is 1.57. The van der Waals surface area contributed by atoms with Crippen molar-refractivity contribution in [3.63, 3.8) is 0 Å². The van der Waals surface area contributed by atoms with Gasteiger partial charge in [-0.25, -0.2) is 4.98 Å².